The molecule has 0 heterocycles. The van der Waals surface area contributed by atoms with E-state index in [1.165, 1.54) is 0 Å². The molecule has 0 spiro atoms. The first-order valence-electron chi connectivity index (χ1n) is 8.09. The largest absolute Gasteiger partial charge is 0.494 e. The highest BCUT2D eigenvalue weighted by atomic mass is 16.7. The van der Waals surface area contributed by atoms with Crippen molar-refractivity contribution in [3.05, 3.63) is 24.3 Å². The molecule has 1 aromatic rings. The van der Waals surface area contributed by atoms with E-state index in [-0.39, 0.29) is 17.7 Å². The van der Waals surface area contributed by atoms with Crippen molar-refractivity contribution in [2.75, 3.05) is 11.9 Å². The van der Waals surface area contributed by atoms with Gasteiger partial charge in [0.1, 0.15) is 5.75 Å². The van der Waals surface area contributed by atoms with Crippen LogP contribution in [0, 0.1) is 5.92 Å². The first-order valence-corrected chi connectivity index (χ1v) is 8.09. The Morgan fingerprint density at radius 1 is 1.22 bits per heavy atom. The van der Waals surface area contributed by atoms with Crippen molar-refractivity contribution in [1.29, 1.82) is 0 Å². The molecule has 1 unspecified atom stereocenters. The number of benzene rings is 1. The third-order valence-electron chi connectivity index (χ3n) is 3.86. The maximum absolute atomic E-state index is 12.0. The molecule has 6 nitrogen and oxygen atoms in total. The molecule has 2 rings (SSSR count). The van der Waals surface area contributed by atoms with Crippen molar-refractivity contribution < 1.29 is 19.2 Å². The second-order valence-corrected chi connectivity index (χ2v) is 5.65. The fourth-order valence-electron chi connectivity index (χ4n) is 2.52. The van der Waals surface area contributed by atoms with Crippen molar-refractivity contribution in [1.82, 2.24) is 5.48 Å². The summed E-state index contributed by atoms with van der Waals surface area (Å²) in [5, 5.41) is 2.73. The second-order valence-electron chi connectivity index (χ2n) is 5.65. The van der Waals surface area contributed by atoms with Gasteiger partial charge in [0.05, 0.1) is 6.61 Å². The monoisotopic (exact) mass is 320 g/mol. The minimum absolute atomic E-state index is 0.0105. The first-order chi connectivity index (χ1) is 11.1. The average Bonchev–Trinajstić information content (AvgIpc) is 3.09. The van der Waals surface area contributed by atoms with E-state index in [2.05, 4.69) is 10.8 Å². The standard InChI is InChI=1S/C17H24N2O4/c1-3-22-15-10-8-14(9-11-15)18-16(20)12(2)23-19-17(21)13-6-4-5-7-13/h8-13H,3-7H2,1-2H3,(H,18,20)(H,19,21). The van der Waals surface area contributed by atoms with Crippen LogP contribution in [0.2, 0.25) is 0 Å². The van der Waals surface area contributed by atoms with Gasteiger partial charge < -0.3 is 10.1 Å². The highest BCUT2D eigenvalue weighted by Crippen LogP contribution is 2.24. The molecule has 1 saturated carbocycles. The van der Waals surface area contributed by atoms with Crippen molar-refractivity contribution in [3.63, 3.8) is 0 Å². The highest BCUT2D eigenvalue weighted by Gasteiger charge is 2.24. The van der Waals surface area contributed by atoms with Crippen LogP contribution < -0.4 is 15.5 Å². The zero-order valence-electron chi connectivity index (χ0n) is 13.6. The minimum Gasteiger partial charge on any atom is -0.494 e. The van der Waals surface area contributed by atoms with Crippen LogP contribution in [-0.4, -0.2) is 24.5 Å². The summed E-state index contributed by atoms with van der Waals surface area (Å²) in [7, 11) is 0. The zero-order chi connectivity index (χ0) is 16.7. The van der Waals surface area contributed by atoms with Gasteiger partial charge in [-0.25, -0.2) is 5.48 Å². The van der Waals surface area contributed by atoms with Gasteiger partial charge in [-0.3, -0.25) is 14.4 Å². The molecule has 2 amide bonds. The molecule has 6 heteroatoms. The van der Waals surface area contributed by atoms with Crippen LogP contribution >= 0.6 is 0 Å². The molecule has 0 saturated heterocycles. The molecule has 0 radical (unpaired) electrons. The number of hydrogen-bond donors (Lipinski definition) is 2. The van der Waals surface area contributed by atoms with Gasteiger partial charge in [-0.1, -0.05) is 12.8 Å². The number of hydrogen-bond acceptors (Lipinski definition) is 4. The van der Waals surface area contributed by atoms with Crippen LogP contribution in [0.3, 0.4) is 0 Å². The number of rotatable bonds is 7. The number of hydroxylamine groups is 1. The van der Waals surface area contributed by atoms with Crippen LogP contribution in [0.5, 0.6) is 5.75 Å². The van der Waals surface area contributed by atoms with Crippen LogP contribution in [-0.2, 0) is 14.4 Å². The first kappa shape index (κ1) is 17.3. The summed E-state index contributed by atoms with van der Waals surface area (Å²) in [6, 6.07) is 7.08. The van der Waals surface area contributed by atoms with Gasteiger partial charge in [-0.05, 0) is 51.0 Å². The summed E-state index contributed by atoms with van der Waals surface area (Å²) >= 11 is 0. The van der Waals surface area contributed by atoms with E-state index in [0.29, 0.717) is 12.3 Å². The van der Waals surface area contributed by atoms with Crippen molar-refractivity contribution in [2.24, 2.45) is 5.92 Å². The van der Waals surface area contributed by atoms with Crippen molar-refractivity contribution in [3.8, 4) is 5.75 Å². The Bertz CT molecular complexity index is 524. The average molecular weight is 320 g/mol. The summed E-state index contributed by atoms with van der Waals surface area (Å²) in [5.74, 6) is 0.305. The molecule has 1 aliphatic carbocycles. The van der Waals surface area contributed by atoms with Gasteiger partial charge in [0.2, 0.25) is 5.91 Å². The third kappa shape index (κ3) is 5.25. The van der Waals surface area contributed by atoms with E-state index in [9.17, 15) is 9.59 Å². The fourth-order valence-corrected chi connectivity index (χ4v) is 2.52. The summed E-state index contributed by atoms with van der Waals surface area (Å²) in [4.78, 5) is 29.1. The molecule has 1 fully saturated rings. The fraction of sp³-hybridized carbons (Fsp3) is 0.529. The number of nitrogens with one attached hydrogen (secondary N) is 2. The summed E-state index contributed by atoms with van der Waals surface area (Å²) < 4.78 is 5.34. The Balaban J connectivity index is 1.76. The van der Waals surface area contributed by atoms with Gasteiger partial charge in [0.25, 0.3) is 5.91 Å². The van der Waals surface area contributed by atoms with E-state index in [1.807, 2.05) is 6.92 Å². The molecule has 0 aromatic heterocycles. The van der Waals surface area contributed by atoms with Crippen molar-refractivity contribution >= 4 is 17.5 Å². The summed E-state index contributed by atoms with van der Waals surface area (Å²) in [6.07, 6.45) is 3.16. The Morgan fingerprint density at radius 3 is 2.48 bits per heavy atom. The van der Waals surface area contributed by atoms with Crippen LogP contribution in [0.15, 0.2) is 24.3 Å². The number of amides is 2. The number of carbonyl (C=O) groups is 2. The smallest absolute Gasteiger partial charge is 0.255 e. The molecule has 2 N–H and O–H groups in total. The van der Waals surface area contributed by atoms with Crippen molar-refractivity contribution in [2.45, 2.75) is 45.6 Å². The molecular weight excluding hydrogens is 296 g/mol. The maximum atomic E-state index is 12.0. The lowest BCUT2D eigenvalue weighted by atomic mass is 10.1. The van der Waals surface area contributed by atoms with Gasteiger partial charge in [0, 0.05) is 11.6 Å². The van der Waals surface area contributed by atoms with Crippen LogP contribution in [0.1, 0.15) is 39.5 Å². The molecule has 1 atom stereocenters. The van der Waals surface area contributed by atoms with Crippen LogP contribution in [0.4, 0.5) is 5.69 Å². The quantitative estimate of drug-likeness (QED) is 0.757. The van der Waals surface area contributed by atoms with Crippen LogP contribution in [0.25, 0.3) is 0 Å². The van der Waals surface area contributed by atoms with E-state index in [0.717, 1.165) is 31.4 Å². The molecule has 0 bridgehead atoms. The molecule has 1 aromatic carbocycles. The van der Waals surface area contributed by atoms with Gasteiger partial charge in [-0.15, -0.1) is 0 Å². The molecular formula is C17H24N2O4. The zero-order valence-corrected chi connectivity index (χ0v) is 13.6. The van der Waals surface area contributed by atoms with E-state index < -0.39 is 6.10 Å². The lowest BCUT2D eigenvalue weighted by Gasteiger charge is -2.15. The predicted octanol–water partition coefficient (Wildman–Crippen LogP) is 2.65. The summed E-state index contributed by atoms with van der Waals surface area (Å²) in [5.41, 5.74) is 3.05. The second kappa shape index (κ2) is 8.53. The Morgan fingerprint density at radius 2 is 1.87 bits per heavy atom. The Labute approximate surface area is 136 Å². The minimum atomic E-state index is -0.771. The van der Waals surface area contributed by atoms with E-state index >= 15 is 0 Å². The lowest BCUT2D eigenvalue weighted by Crippen LogP contribution is -2.37. The maximum Gasteiger partial charge on any atom is 0.255 e. The van der Waals surface area contributed by atoms with Gasteiger partial charge >= 0.3 is 0 Å². The molecule has 23 heavy (non-hydrogen) atoms. The normalized spacial score (nSPS) is 15.9. The molecule has 0 aliphatic heterocycles. The number of anilines is 1. The Hall–Kier alpha value is -2.08. The van der Waals surface area contributed by atoms with E-state index in [1.54, 1.807) is 31.2 Å². The molecule has 126 valence electrons. The summed E-state index contributed by atoms with van der Waals surface area (Å²) in [6.45, 7) is 4.10. The highest BCUT2D eigenvalue weighted by molar-refractivity contribution is 5.94. The number of carbonyl (C=O) groups excluding carboxylic acids is 2. The number of ether oxygens (including phenoxy) is 1. The SMILES string of the molecule is CCOc1ccc(NC(=O)C(C)ONC(=O)C2CCCC2)cc1. The van der Waals surface area contributed by atoms with E-state index in [4.69, 9.17) is 9.57 Å². The Kier molecular flexibility index (Phi) is 6.40. The van der Waals surface area contributed by atoms with Gasteiger partial charge in [0.15, 0.2) is 6.10 Å². The lowest BCUT2D eigenvalue weighted by molar-refractivity contribution is -0.147. The predicted molar refractivity (Wildman–Crippen MR) is 86.9 cm³/mol. The third-order valence-corrected chi connectivity index (χ3v) is 3.86. The van der Waals surface area contributed by atoms with Gasteiger partial charge in [-0.2, -0.15) is 0 Å². The molecule has 1 aliphatic rings. The topological polar surface area (TPSA) is 76.7 Å².